The lowest BCUT2D eigenvalue weighted by Gasteiger charge is -2.22. The normalized spacial score (nSPS) is 13.2. The molecule has 0 radical (unpaired) electrons. The molecule has 0 aliphatic carbocycles. The van der Waals surface area contributed by atoms with Crippen LogP contribution in [0.15, 0.2) is 36.4 Å². The highest BCUT2D eigenvalue weighted by Gasteiger charge is 2.39. The summed E-state index contributed by atoms with van der Waals surface area (Å²) in [6.07, 6.45) is -4.74. The van der Waals surface area contributed by atoms with Crippen molar-refractivity contribution in [3.8, 4) is 16.9 Å². The maximum Gasteiger partial charge on any atom is 0.417 e. The van der Waals surface area contributed by atoms with Gasteiger partial charge in [-0.15, -0.1) is 0 Å². The number of para-hydroxylation sites is 1. The minimum absolute atomic E-state index is 0.0110. The third-order valence-electron chi connectivity index (χ3n) is 7.02. The Kier molecular flexibility index (Phi) is 5.42. The molecule has 0 amide bonds. The predicted octanol–water partition coefficient (Wildman–Crippen LogP) is 5.86. The van der Waals surface area contributed by atoms with E-state index in [1.807, 2.05) is 0 Å². The van der Waals surface area contributed by atoms with Crippen LogP contribution in [0.25, 0.3) is 33.1 Å². The van der Waals surface area contributed by atoms with Gasteiger partial charge in [0.25, 0.3) is 0 Å². The molecule has 39 heavy (non-hydrogen) atoms. The zero-order valence-electron chi connectivity index (χ0n) is 20.9. The van der Waals surface area contributed by atoms with Gasteiger partial charge in [-0.2, -0.15) is 18.3 Å². The lowest BCUT2D eigenvalue weighted by molar-refractivity contribution is -0.137. The fourth-order valence-corrected chi connectivity index (χ4v) is 5.12. The number of halogens is 5. The molecule has 2 aromatic heterocycles. The number of carbonyl (C=O) groups is 1. The number of anilines is 1. The molecule has 5 aromatic rings. The quantitative estimate of drug-likeness (QED) is 0.229. The topological polar surface area (TPSA) is 74.0 Å². The molecular weight excluding hydrogens is 521 g/mol. The number of fused-ring (bicyclic) bond motifs is 4. The Hall–Kier alpha value is -4.48. The van der Waals surface area contributed by atoms with Crippen LogP contribution < -0.4 is 10.1 Å². The minimum atomic E-state index is -4.74. The van der Waals surface area contributed by atoms with Crippen LogP contribution in [-0.4, -0.2) is 38.8 Å². The molecule has 0 atom stereocenters. The number of hydrogen-bond donors (Lipinski definition) is 1. The molecule has 0 bridgehead atoms. The molecule has 0 unspecified atom stereocenters. The number of imidazole rings is 1. The van der Waals surface area contributed by atoms with Gasteiger partial charge in [0.05, 0.1) is 23.1 Å². The molecule has 1 aliphatic rings. The van der Waals surface area contributed by atoms with Gasteiger partial charge in [-0.25, -0.2) is 13.8 Å². The fraction of sp³-hybridized carbons (Fsp3) is 0.222. The molecule has 200 valence electrons. The summed E-state index contributed by atoms with van der Waals surface area (Å²) in [7, 11) is 2.97. The third-order valence-corrected chi connectivity index (χ3v) is 7.02. The summed E-state index contributed by atoms with van der Waals surface area (Å²) in [5, 5.41) is 7.01. The molecule has 3 heterocycles. The molecule has 0 saturated heterocycles. The second-order valence-corrected chi connectivity index (χ2v) is 9.23. The molecular formula is C27H20F5N5O2. The van der Waals surface area contributed by atoms with E-state index in [1.165, 1.54) is 23.9 Å². The highest BCUT2D eigenvalue weighted by Crippen LogP contribution is 2.48. The minimum Gasteiger partial charge on any atom is -0.489 e. The average molecular weight is 541 g/mol. The maximum atomic E-state index is 14.5. The number of benzene rings is 3. The van der Waals surface area contributed by atoms with Gasteiger partial charge in [-0.05, 0) is 25.1 Å². The number of ether oxygens (including phenoxy) is 1. The summed E-state index contributed by atoms with van der Waals surface area (Å²) in [4.78, 5) is 17.9. The number of nitrogens with zero attached hydrogens (tertiary/aromatic N) is 4. The van der Waals surface area contributed by atoms with Gasteiger partial charge in [0.2, 0.25) is 5.78 Å². The SMILES string of the molecule is CNc1c(F)cc(C(=O)c2nn3c4c(cccc24)-c2c(C(F)(F)F)cc4c(nc(C)n4C)c2OCC3)cc1F. The van der Waals surface area contributed by atoms with Gasteiger partial charge in [0.1, 0.15) is 41.0 Å². The molecule has 7 nitrogen and oxygen atoms in total. The Morgan fingerprint density at radius 1 is 1.13 bits per heavy atom. The van der Waals surface area contributed by atoms with Crippen LogP contribution in [0.2, 0.25) is 0 Å². The van der Waals surface area contributed by atoms with Gasteiger partial charge in [0.15, 0.2) is 5.75 Å². The monoisotopic (exact) mass is 541 g/mol. The van der Waals surface area contributed by atoms with E-state index < -0.39 is 29.2 Å². The number of carbonyl (C=O) groups excluding carboxylic acids is 1. The maximum absolute atomic E-state index is 14.5. The summed E-state index contributed by atoms with van der Waals surface area (Å²) < 4.78 is 81.2. The van der Waals surface area contributed by atoms with Gasteiger partial charge >= 0.3 is 6.18 Å². The molecule has 0 fully saturated rings. The first kappa shape index (κ1) is 24.8. The lowest BCUT2D eigenvalue weighted by atomic mass is 9.94. The van der Waals surface area contributed by atoms with Crippen LogP contribution in [0.5, 0.6) is 5.75 Å². The third kappa shape index (κ3) is 3.65. The van der Waals surface area contributed by atoms with Crippen molar-refractivity contribution in [1.82, 2.24) is 19.3 Å². The zero-order chi connectivity index (χ0) is 27.8. The first-order chi connectivity index (χ1) is 18.5. The highest BCUT2D eigenvalue weighted by atomic mass is 19.4. The van der Waals surface area contributed by atoms with Crippen molar-refractivity contribution in [2.24, 2.45) is 7.05 Å². The number of hydrogen-bond acceptors (Lipinski definition) is 5. The van der Waals surface area contributed by atoms with E-state index in [0.29, 0.717) is 5.82 Å². The Bertz CT molecular complexity index is 1810. The summed E-state index contributed by atoms with van der Waals surface area (Å²) in [6, 6.07) is 7.38. The Labute approximate surface area is 217 Å². The van der Waals surface area contributed by atoms with Crippen molar-refractivity contribution in [3.05, 3.63) is 70.7 Å². The first-order valence-electron chi connectivity index (χ1n) is 11.9. The zero-order valence-corrected chi connectivity index (χ0v) is 20.9. The second-order valence-electron chi connectivity index (χ2n) is 9.23. The van der Waals surface area contributed by atoms with Gasteiger partial charge in [-0.1, -0.05) is 18.2 Å². The van der Waals surface area contributed by atoms with Crippen LogP contribution in [0.1, 0.15) is 27.4 Å². The molecule has 12 heteroatoms. The number of aryl methyl sites for hydroxylation is 2. The van der Waals surface area contributed by atoms with Crippen LogP contribution in [-0.2, 0) is 19.8 Å². The molecule has 3 aromatic carbocycles. The lowest BCUT2D eigenvalue weighted by Crippen LogP contribution is -2.16. The van der Waals surface area contributed by atoms with Crippen LogP contribution in [0.4, 0.5) is 27.6 Å². The van der Waals surface area contributed by atoms with E-state index in [4.69, 9.17) is 4.74 Å². The van der Waals surface area contributed by atoms with E-state index >= 15 is 0 Å². The Morgan fingerprint density at radius 2 is 1.85 bits per heavy atom. The van der Waals surface area contributed by atoms with Gasteiger partial charge in [-0.3, -0.25) is 9.48 Å². The fourth-order valence-electron chi connectivity index (χ4n) is 5.12. The van der Waals surface area contributed by atoms with Crippen molar-refractivity contribution in [1.29, 1.82) is 0 Å². The van der Waals surface area contributed by atoms with Crippen molar-refractivity contribution in [2.45, 2.75) is 19.6 Å². The van der Waals surface area contributed by atoms with Crippen LogP contribution in [0, 0.1) is 18.6 Å². The largest absolute Gasteiger partial charge is 0.489 e. The van der Waals surface area contributed by atoms with E-state index in [1.54, 1.807) is 24.6 Å². The summed E-state index contributed by atoms with van der Waals surface area (Å²) in [5.41, 5.74) is -0.975. The summed E-state index contributed by atoms with van der Waals surface area (Å²) in [5.74, 6) is -2.20. The number of alkyl halides is 3. The Balaban J connectivity index is 1.65. The van der Waals surface area contributed by atoms with Gasteiger partial charge < -0.3 is 14.6 Å². The van der Waals surface area contributed by atoms with Crippen molar-refractivity contribution < 1.29 is 31.5 Å². The number of nitrogens with one attached hydrogen (secondary N) is 1. The van der Waals surface area contributed by atoms with E-state index in [2.05, 4.69) is 15.4 Å². The Morgan fingerprint density at radius 3 is 2.51 bits per heavy atom. The molecule has 1 aliphatic heterocycles. The number of aromatic nitrogens is 4. The smallest absolute Gasteiger partial charge is 0.417 e. The summed E-state index contributed by atoms with van der Waals surface area (Å²) >= 11 is 0. The van der Waals surface area contributed by atoms with E-state index in [0.717, 1.165) is 18.2 Å². The van der Waals surface area contributed by atoms with Crippen LogP contribution >= 0.6 is 0 Å². The number of rotatable bonds is 3. The molecule has 6 rings (SSSR count). The molecule has 1 N–H and O–H groups in total. The average Bonchev–Trinajstić information content (AvgIpc) is 3.38. The first-order valence-corrected chi connectivity index (χ1v) is 11.9. The van der Waals surface area contributed by atoms with E-state index in [-0.39, 0.29) is 68.9 Å². The highest BCUT2D eigenvalue weighted by molar-refractivity contribution is 6.17. The standard InChI is InChI=1S/C27H20F5N5O2/c1-12-34-23-19(36(12)3)11-16(27(30,31)32)20-14-5-4-6-15-21(35-37(24(14)15)7-8-39-26(20)23)25(38)13-9-17(28)22(33-2)18(29)10-13/h4-6,9-11,33H,7-8H2,1-3H3. The second kappa shape index (κ2) is 8.52. The van der Waals surface area contributed by atoms with Crippen molar-refractivity contribution in [3.63, 3.8) is 0 Å². The summed E-state index contributed by atoms with van der Waals surface area (Å²) in [6.45, 7) is 1.73. The van der Waals surface area contributed by atoms with Crippen molar-refractivity contribution >= 4 is 33.4 Å². The van der Waals surface area contributed by atoms with E-state index in [9.17, 15) is 26.7 Å². The molecule has 0 saturated carbocycles. The number of ketones is 1. The molecule has 0 spiro atoms. The van der Waals surface area contributed by atoms with Gasteiger partial charge in [0, 0.05) is 36.2 Å². The van der Waals surface area contributed by atoms with Crippen molar-refractivity contribution in [2.75, 3.05) is 19.0 Å². The van der Waals surface area contributed by atoms with Crippen LogP contribution in [0.3, 0.4) is 0 Å². The predicted molar refractivity (Wildman–Crippen MR) is 134 cm³/mol.